The number of likely N-dealkylation sites (N-methyl/N-ethyl adjacent to an activating group) is 1. The molecule has 1 spiro atoms. The van der Waals surface area contributed by atoms with Crippen molar-refractivity contribution in [3.05, 3.63) is 30.1 Å². The van der Waals surface area contributed by atoms with E-state index < -0.39 is 5.54 Å². The maximum atomic E-state index is 13.6. The van der Waals surface area contributed by atoms with Gasteiger partial charge in [-0.2, -0.15) is 4.98 Å². The number of fused-ring (bicyclic) bond motifs is 1. The lowest BCUT2D eigenvalue weighted by Crippen LogP contribution is -2.63. The number of hydrogen-bond donors (Lipinski definition) is 1. The van der Waals surface area contributed by atoms with E-state index in [1.165, 1.54) is 45.2 Å². The zero-order chi connectivity index (χ0) is 25.2. The summed E-state index contributed by atoms with van der Waals surface area (Å²) in [5.41, 5.74) is 0.565. The summed E-state index contributed by atoms with van der Waals surface area (Å²) in [6.45, 7) is 4.82. The lowest BCUT2D eigenvalue weighted by Gasteiger charge is -2.46. The average molecular weight is 506 g/mol. The summed E-state index contributed by atoms with van der Waals surface area (Å²) in [4.78, 5) is 34.4. The molecule has 0 aromatic carbocycles. The first-order chi connectivity index (χ1) is 18.1. The first kappa shape index (κ1) is 24.4. The van der Waals surface area contributed by atoms with E-state index in [0.717, 1.165) is 55.9 Å². The second-order valence-corrected chi connectivity index (χ2v) is 11.1. The molecule has 1 saturated carbocycles. The smallest absolute Gasteiger partial charge is 0.248 e. The SMILES string of the molecule is CN1CCCC2(Cc3cnc(Nc4ccc(OCCN5CCCCC5)cn4)nc3N2C2CCCC2)C1=O. The topological polar surface area (TPSA) is 86.7 Å². The van der Waals surface area contributed by atoms with Crippen molar-refractivity contribution in [2.75, 3.05) is 50.1 Å². The van der Waals surface area contributed by atoms with Gasteiger partial charge in [0.2, 0.25) is 11.9 Å². The van der Waals surface area contributed by atoms with Crippen LogP contribution in [0, 0.1) is 0 Å². The number of nitrogens with zero attached hydrogens (tertiary/aromatic N) is 6. The molecule has 1 N–H and O–H groups in total. The van der Waals surface area contributed by atoms with Gasteiger partial charge in [-0.3, -0.25) is 9.69 Å². The molecule has 5 heterocycles. The third kappa shape index (κ3) is 4.85. The summed E-state index contributed by atoms with van der Waals surface area (Å²) in [5.74, 6) is 3.12. The largest absolute Gasteiger partial charge is 0.491 e. The second-order valence-electron chi connectivity index (χ2n) is 11.1. The highest BCUT2D eigenvalue weighted by Crippen LogP contribution is 2.47. The fourth-order valence-corrected chi connectivity index (χ4v) is 6.77. The molecule has 9 heteroatoms. The minimum atomic E-state index is -0.511. The highest BCUT2D eigenvalue weighted by molar-refractivity contribution is 5.93. The lowest BCUT2D eigenvalue weighted by molar-refractivity contribution is -0.138. The maximum Gasteiger partial charge on any atom is 0.248 e. The molecule has 9 nitrogen and oxygen atoms in total. The first-order valence-corrected chi connectivity index (χ1v) is 14.1. The quantitative estimate of drug-likeness (QED) is 0.609. The average Bonchev–Trinajstić information content (AvgIpc) is 3.55. The Morgan fingerprint density at radius 2 is 1.86 bits per heavy atom. The lowest BCUT2D eigenvalue weighted by atomic mass is 9.83. The van der Waals surface area contributed by atoms with E-state index in [9.17, 15) is 4.79 Å². The van der Waals surface area contributed by atoms with Gasteiger partial charge in [0.05, 0.1) is 6.20 Å². The van der Waals surface area contributed by atoms with Crippen molar-refractivity contribution in [3.8, 4) is 5.75 Å². The van der Waals surface area contributed by atoms with Gasteiger partial charge in [0.1, 0.15) is 29.5 Å². The van der Waals surface area contributed by atoms with Crippen LogP contribution >= 0.6 is 0 Å². The molecule has 1 atom stereocenters. The van der Waals surface area contributed by atoms with Crippen LogP contribution in [0.2, 0.25) is 0 Å². The van der Waals surface area contributed by atoms with Crippen LogP contribution in [0.1, 0.15) is 63.4 Å². The maximum absolute atomic E-state index is 13.6. The number of piperidine rings is 2. The zero-order valence-corrected chi connectivity index (χ0v) is 22.0. The fraction of sp³-hybridized carbons (Fsp3) is 0.643. The number of ether oxygens (including phenoxy) is 1. The van der Waals surface area contributed by atoms with E-state index in [0.29, 0.717) is 30.8 Å². The van der Waals surface area contributed by atoms with Gasteiger partial charge in [-0.05, 0) is 63.7 Å². The van der Waals surface area contributed by atoms with Crippen molar-refractivity contribution in [3.63, 3.8) is 0 Å². The molecular formula is C28H39N7O2. The van der Waals surface area contributed by atoms with Crippen LogP contribution in [0.5, 0.6) is 5.75 Å². The van der Waals surface area contributed by atoms with Crippen LogP contribution in [0.3, 0.4) is 0 Å². The standard InChI is InChI=1S/C28H39N7O2/c1-33-13-7-12-28(26(33)36)18-21-19-30-27(32-25(21)35(28)22-8-3-4-9-22)31-24-11-10-23(20-29-24)37-17-16-34-14-5-2-6-15-34/h10-11,19-20,22H,2-9,12-18H2,1H3,(H,29,30,31,32). The summed E-state index contributed by atoms with van der Waals surface area (Å²) >= 11 is 0. The molecule has 3 fully saturated rings. The Morgan fingerprint density at radius 1 is 1.03 bits per heavy atom. The van der Waals surface area contributed by atoms with Crippen molar-refractivity contribution in [1.82, 2.24) is 24.8 Å². The Kier molecular flexibility index (Phi) is 6.88. The number of carbonyl (C=O) groups is 1. The van der Waals surface area contributed by atoms with E-state index in [4.69, 9.17) is 9.72 Å². The zero-order valence-electron chi connectivity index (χ0n) is 22.0. The number of hydrogen-bond acceptors (Lipinski definition) is 8. The van der Waals surface area contributed by atoms with Gasteiger partial charge < -0.3 is 19.9 Å². The number of nitrogens with one attached hydrogen (secondary N) is 1. The van der Waals surface area contributed by atoms with Crippen LogP contribution in [-0.2, 0) is 11.2 Å². The number of pyridine rings is 1. The van der Waals surface area contributed by atoms with E-state index >= 15 is 0 Å². The number of likely N-dealkylation sites (tertiary alicyclic amines) is 2. The van der Waals surface area contributed by atoms with Gasteiger partial charge >= 0.3 is 0 Å². The molecule has 3 aliphatic heterocycles. The molecule has 0 bridgehead atoms. The highest BCUT2D eigenvalue weighted by Gasteiger charge is 2.55. The van der Waals surface area contributed by atoms with Crippen LogP contribution in [0.4, 0.5) is 17.6 Å². The van der Waals surface area contributed by atoms with Crippen molar-refractivity contribution in [2.45, 2.75) is 75.8 Å². The normalized spacial score (nSPS) is 24.6. The third-order valence-corrected chi connectivity index (χ3v) is 8.63. The molecule has 2 aromatic rings. The fourth-order valence-electron chi connectivity index (χ4n) is 6.77. The van der Waals surface area contributed by atoms with E-state index in [2.05, 4.69) is 25.1 Å². The van der Waals surface area contributed by atoms with Crippen molar-refractivity contribution < 1.29 is 9.53 Å². The summed E-state index contributed by atoms with van der Waals surface area (Å²) < 4.78 is 5.92. The van der Waals surface area contributed by atoms with Gasteiger partial charge in [0, 0.05) is 44.4 Å². The Balaban J connectivity index is 1.15. The van der Waals surface area contributed by atoms with Crippen molar-refractivity contribution >= 4 is 23.5 Å². The number of anilines is 3. The monoisotopic (exact) mass is 505 g/mol. The molecule has 4 aliphatic rings. The minimum Gasteiger partial charge on any atom is -0.491 e. The summed E-state index contributed by atoms with van der Waals surface area (Å²) in [6.07, 6.45) is 14.8. The molecule has 1 unspecified atom stereocenters. The molecule has 0 radical (unpaired) electrons. The number of aromatic nitrogens is 3. The Hall–Kier alpha value is -2.94. The molecule has 6 rings (SSSR count). The van der Waals surface area contributed by atoms with Crippen molar-refractivity contribution in [2.24, 2.45) is 0 Å². The summed E-state index contributed by atoms with van der Waals surface area (Å²) in [5, 5.41) is 3.27. The van der Waals surface area contributed by atoms with Crippen LogP contribution in [-0.4, -0.2) is 82.1 Å². The molecule has 1 amide bonds. The van der Waals surface area contributed by atoms with E-state index in [1.807, 2.05) is 30.3 Å². The van der Waals surface area contributed by atoms with Gasteiger partial charge in [-0.1, -0.05) is 19.3 Å². The molecule has 2 saturated heterocycles. The Morgan fingerprint density at radius 3 is 2.65 bits per heavy atom. The van der Waals surface area contributed by atoms with Crippen LogP contribution in [0.25, 0.3) is 0 Å². The van der Waals surface area contributed by atoms with Gasteiger partial charge in [-0.25, -0.2) is 9.97 Å². The Bertz CT molecular complexity index is 1100. The molecule has 1 aliphatic carbocycles. The number of amides is 1. The Labute approximate surface area is 219 Å². The predicted octanol–water partition coefficient (Wildman–Crippen LogP) is 3.78. The molecule has 37 heavy (non-hydrogen) atoms. The predicted molar refractivity (Wildman–Crippen MR) is 143 cm³/mol. The third-order valence-electron chi connectivity index (χ3n) is 8.63. The first-order valence-electron chi connectivity index (χ1n) is 14.1. The van der Waals surface area contributed by atoms with Gasteiger partial charge in [0.25, 0.3) is 0 Å². The number of carbonyl (C=O) groups excluding carboxylic acids is 1. The minimum absolute atomic E-state index is 0.232. The van der Waals surface area contributed by atoms with Gasteiger partial charge in [0.15, 0.2) is 0 Å². The van der Waals surface area contributed by atoms with E-state index in [-0.39, 0.29) is 5.91 Å². The highest BCUT2D eigenvalue weighted by atomic mass is 16.5. The van der Waals surface area contributed by atoms with Gasteiger partial charge in [-0.15, -0.1) is 0 Å². The molecular weight excluding hydrogens is 466 g/mol. The molecule has 198 valence electrons. The number of rotatable bonds is 7. The summed E-state index contributed by atoms with van der Waals surface area (Å²) in [7, 11) is 1.93. The van der Waals surface area contributed by atoms with Crippen LogP contribution in [0.15, 0.2) is 24.5 Å². The second kappa shape index (κ2) is 10.4. The van der Waals surface area contributed by atoms with E-state index in [1.54, 1.807) is 6.20 Å². The van der Waals surface area contributed by atoms with Crippen molar-refractivity contribution in [1.29, 1.82) is 0 Å². The molecule has 2 aromatic heterocycles. The van der Waals surface area contributed by atoms with Crippen LogP contribution < -0.4 is 15.0 Å². The summed E-state index contributed by atoms with van der Waals surface area (Å²) in [6, 6.07) is 4.21.